The lowest BCUT2D eigenvalue weighted by Gasteiger charge is -2.05. The fraction of sp³-hybridized carbons (Fsp3) is 0.231. The summed E-state index contributed by atoms with van der Waals surface area (Å²) in [6.45, 7) is 0.699. The van der Waals surface area contributed by atoms with Gasteiger partial charge in [0.2, 0.25) is 10.0 Å². The van der Waals surface area contributed by atoms with Crippen LogP contribution >= 0.6 is 22.9 Å². The summed E-state index contributed by atoms with van der Waals surface area (Å²) in [5.41, 5.74) is 6.51. The summed E-state index contributed by atoms with van der Waals surface area (Å²) in [6.07, 6.45) is 0.617. The Morgan fingerprint density at radius 3 is 2.45 bits per heavy atom. The zero-order chi connectivity index (χ0) is 14.6. The van der Waals surface area contributed by atoms with Gasteiger partial charge in [-0.05, 0) is 36.2 Å². The molecule has 0 saturated carbocycles. The minimum atomic E-state index is -3.44. The van der Waals surface area contributed by atoms with E-state index in [2.05, 4.69) is 4.72 Å². The van der Waals surface area contributed by atoms with E-state index in [4.69, 9.17) is 17.3 Å². The second kappa shape index (κ2) is 6.69. The van der Waals surface area contributed by atoms with E-state index in [0.29, 0.717) is 28.7 Å². The molecule has 0 amide bonds. The first-order valence-electron chi connectivity index (χ1n) is 6.04. The Kier molecular flexibility index (Phi) is 5.17. The molecular weight excluding hydrogens is 316 g/mol. The van der Waals surface area contributed by atoms with Crippen LogP contribution in [0, 0.1) is 0 Å². The third-order valence-electron chi connectivity index (χ3n) is 2.72. The van der Waals surface area contributed by atoms with Crippen LogP contribution in [0.4, 0.5) is 0 Å². The highest BCUT2D eigenvalue weighted by Gasteiger charge is 2.15. The monoisotopic (exact) mass is 330 g/mol. The fourth-order valence-corrected chi connectivity index (χ4v) is 4.10. The maximum Gasteiger partial charge on any atom is 0.250 e. The van der Waals surface area contributed by atoms with Crippen molar-refractivity contribution in [2.45, 2.75) is 17.2 Å². The normalized spacial score (nSPS) is 11.7. The third-order valence-corrected chi connectivity index (χ3v) is 6.03. The molecule has 0 atom stereocenters. The van der Waals surface area contributed by atoms with Crippen molar-refractivity contribution >= 4 is 33.0 Å². The van der Waals surface area contributed by atoms with Gasteiger partial charge in [-0.25, -0.2) is 13.1 Å². The van der Waals surface area contributed by atoms with Crippen LogP contribution in [0.2, 0.25) is 5.02 Å². The smallest absolute Gasteiger partial charge is 0.250 e. The molecule has 1 aromatic heterocycles. The Hall–Kier alpha value is -0.920. The average molecular weight is 331 g/mol. The number of thiophene rings is 1. The summed E-state index contributed by atoms with van der Waals surface area (Å²) < 4.78 is 27.0. The van der Waals surface area contributed by atoms with E-state index in [1.165, 1.54) is 11.3 Å². The molecule has 2 rings (SSSR count). The van der Waals surface area contributed by atoms with Gasteiger partial charge in [-0.3, -0.25) is 0 Å². The molecule has 0 unspecified atom stereocenters. The molecule has 0 aliphatic heterocycles. The van der Waals surface area contributed by atoms with E-state index in [1.807, 2.05) is 12.1 Å². The second-order valence-electron chi connectivity index (χ2n) is 4.20. The van der Waals surface area contributed by atoms with Crippen molar-refractivity contribution < 1.29 is 8.42 Å². The quantitative estimate of drug-likeness (QED) is 0.854. The van der Waals surface area contributed by atoms with Gasteiger partial charge in [0, 0.05) is 23.0 Å². The molecule has 0 fully saturated rings. The topological polar surface area (TPSA) is 72.2 Å². The molecule has 4 nitrogen and oxygen atoms in total. The lowest BCUT2D eigenvalue weighted by atomic mass is 10.2. The average Bonchev–Trinajstić information content (AvgIpc) is 2.90. The highest BCUT2D eigenvalue weighted by Crippen LogP contribution is 2.20. The van der Waals surface area contributed by atoms with Gasteiger partial charge in [0.15, 0.2) is 0 Å². The van der Waals surface area contributed by atoms with E-state index < -0.39 is 10.0 Å². The van der Waals surface area contributed by atoms with E-state index in [9.17, 15) is 8.42 Å². The Bertz CT molecular complexity index is 666. The van der Waals surface area contributed by atoms with Crippen LogP contribution in [0.1, 0.15) is 10.4 Å². The molecule has 108 valence electrons. The number of sulfonamides is 1. The molecule has 0 aliphatic carbocycles. The predicted molar refractivity (Wildman–Crippen MR) is 82.6 cm³/mol. The number of rotatable bonds is 6. The molecule has 2 aromatic rings. The van der Waals surface area contributed by atoms with E-state index in [-0.39, 0.29) is 0 Å². The van der Waals surface area contributed by atoms with E-state index in [1.54, 1.807) is 24.3 Å². The van der Waals surface area contributed by atoms with Crippen LogP contribution in [0.5, 0.6) is 0 Å². The number of nitrogens with two attached hydrogens (primary N) is 1. The number of hydrogen-bond donors (Lipinski definition) is 2. The Morgan fingerprint density at radius 2 is 1.85 bits per heavy atom. The number of nitrogens with one attached hydrogen (secondary N) is 1. The first-order valence-corrected chi connectivity index (χ1v) is 8.72. The van der Waals surface area contributed by atoms with Crippen LogP contribution in [0.15, 0.2) is 40.6 Å². The van der Waals surface area contributed by atoms with Crippen LogP contribution in [-0.2, 0) is 23.0 Å². The predicted octanol–water partition coefficient (Wildman–Crippen LogP) is 2.38. The van der Waals surface area contributed by atoms with Gasteiger partial charge < -0.3 is 5.73 Å². The van der Waals surface area contributed by atoms with Crippen molar-refractivity contribution in [1.29, 1.82) is 0 Å². The maximum atomic E-state index is 12.0. The first kappa shape index (κ1) is 15.5. The molecule has 20 heavy (non-hydrogen) atoms. The molecule has 3 N–H and O–H groups in total. The Morgan fingerprint density at radius 1 is 1.15 bits per heavy atom. The zero-order valence-corrected chi connectivity index (χ0v) is 13.1. The van der Waals surface area contributed by atoms with E-state index >= 15 is 0 Å². The largest absolute Gasteiger partial charge is 0.326 e. The summed E-state index contributed by atoms with van der Waals surface area (Å²) in [5, 5.41) is 0.669. The van der Waals surface area contributed by atoms with Crippen LogP contribution in [0.25, 0.3) is 0 Å². The summed E-state index contributed by atoms with van der Waals surface area (Å²) in [6, 6.07) is 10.7. The third kappa shape index (κ3) is 4.04. The number of benzene rings is 1. The molecule has 0 saturated heterocycles. The lowest BCUT2D eigenvalue weighted by Crippen LogP contribution is -2.25. The second-order valence-corrected chi connectivity index (χ2v) is 7.80. The minimum absolute atomic E-state index is 0.300. The molecule has 0 bridgehead atoms. The molecular formula is C13H15ClN2O2S2. The fourth-order valence-electron chi connectivity index (χ4n) is 1.66. The van der Waals surface area contributed by atoms with Gasteiger partial charge in [0.25, 0.3) is 0 Å². The molecule has 7 heteroatoms. The highest BCUT2D eigenvalue weighted by molar-refractivity contribution is 7.91. The van der Waals surface area contributed by atoms with Gasteiger partial charge >= 0.3 is 0 Å². The molecule has 0 radical (unpaired) electrons. The SMILES string of the molecule is NCc1ccc(S(=O)(=O)NCCc2ccc(Cl)cc2)s1. The first-order chi connectivity index (χ1) is 9.51. The van der Waals surface area contributed by atoms with E-state index in [0.717, 1.165) is 10.4 Å². The van der Waals surface area contributed by atoms with Crippen LogP contribution in [-0.4, -0.2) is 15.0 Å². The van der Waals surface area contributed by atoms with Crippen molar-refractivity contribution in [3.05, 3.63) is 51.9 Å². The lowest BCUT2D eigenvalue weighted by molar-refractivity contribution is 0.584. The maximum absolute atomic E-state index is 12.0. The van der Waals surface area contributed by atoms with Crippen molar-refractivity contribution in [3.8, 4) is 0 Å². The summed E-state index contributed by atoms with van der Waals surface area (Å²) in [4.78, 5) is 0.850. The summed E-state index contributed by atoms with van der Waals surface area (Å²) in [5.74, 6) is 0. The number of halogens is 1. The number of hydrogen-bond acceptors (Lipinski definition) is 4. The summed E-state index contributed by atoms with van der Waals surface area (Å²) in [7, 11) is -3.44. The van der Waals surface area contributed by atoms with Crippen LogP contribution in [0.3, 0.4) is 0 Å². The van der Waals surface area contributed by atoms with Crippen molar-refractivity contribution in [1.82, 2.24) is 4.72 Å². The van der Waals surface area contributed by atoms with Gasteiger partial charge in [-0.15, -0.1) is 11.3 Å². The zero-order valence-electron chi connectivity index (χ0n) is 10.7. The molecule has 1 heterocycles. The van der Waals surface area contributed by atoms with Gasteiger partial charge in [-0.2, -0.15) is 0 Å². The molecule has 0 spiro atoms. The minimum Gasteiger partial charge on any atom is -0.326 e. The van der Waals surface area contributed by atoms with Crippen molar-refractivity contribution in [2.75, 3.05) is 6.54 Å². The van der Waals surface area contributed by atoms with Gasteiger partial charge in [0.1, 0.15) is 4.21 Å². The Balaban J connectivity index is 1.94. The Labute approximate surface area is 127 Å². The van der Waals surface area contributed by atoms with Crippen molar-refractivity contribution in [3.63, 3.8) is 0 Å². The summed E-state index contributed by atoms with van der Waals surface area (Å²) >= 11 is 6.99. The highest BCUT2D eigenvalue weighted by atomic mass is 35.5. The van der Waals surface area contributed by atoms with Gasteiger partial charge in [0.05, 0.1) is 0 Å². The molecule has 1 aromatic carbocycles. The molecule has 0 aliphatic rings. The standard InChI is InChI=1S/C13H15ClN2O2S2/c14-11-3-1-10(2-4-11)7-8-16-20(17,18)13-6-5-12(9-15)19-13/h1-6,16H,7-9,15H2. The van der Waals surface area contributed by atoms with Crippen LogP contribution < -0.4 is 10.5 Å². The van der Waals surface area contributed by atoms with Gasteiger partial charge in [-0.1, -0.05) is 23.7 Å². The van der Waals surface area contributed by atoms with Crippen molar-refractivity contribution in [2.24, 2.45) is 5.73 Å².